The number of thiophene rings is 1. The second kappa shape index (κ2) is 11.0. The number of hydrogen-bond donors (Lipinski definition) is 0. The molecular formula is C51H34S. The number of rotatable bonds is 3. The van der Waals surface area contributed by atoms with Crippen LogP contribution >= 0.6 is 11.3 Å². The molecule has 0 unspecified atom stereocenters. The summed E-state index contributed by atoms with van der Waals surface area (Å²) in [6.07, 6.45) is 0. The van der Waals surface area contributed by atoms with Crippen molar-refractivity contribution in [3.8, 4) is 44.5 Å². The Labute approximate surface area is 307 Å². The summed E-state index contributed by atoms with van der Waals surface area (Å²) in [4.78, 5) is 0. The van der Waals surface area contributed by atoms with Crippen molar-refractivity contribution in [2.24, 2.45) is 0 Å². The van der Waals surface area contributed by atoms with Crippen LogP contribution in [0.3, 0.4) is 0 Å². The van der Waals surface area contributed by atoms with Crippen molar-refractivity contribution in [3.05, 3.63) is 181 Å². The van der Waals surface area contributed by atoms with E-state index in [2.05, 4.69) is 184 Å². The molecule has 9 aromatic carbocycles. The van der Waals surface area contributed by atoms with E-state index >= 15 is 0 Å². The third-order valence-corrected chi connectivity index (χ3v) is 12.8. The van der Waals surface area contributed by atoms with E-state index in [0.717, 1.165) is 0 Å². The molecule has 0 amide bonds. The van der Waals surface area contributed by atoms with Gasteiger partial charge in [-0.15, -0.1) is 11.3 Å². The SMILES string of the molecule is CC1(C)c2ccc(-c3ccc(-c4c5ccccc5c(-c5ccccc5)c5ccccc45)cc3)cc2-c2ccc3ccc4sc5ccccc5c4c3c21. The molecule has 0 radical (unpaired) electrons. The minimum atomic E-state index is -0.113. The zero-order chi connectivity index (χ0) is 34.6. The molecule has 1 aromatic heterocycles. The number of hydrogen-bond acceptors (Lipinski definition) is 1. The maximum Gasteiger partial charge on any atom is 0.0361 e. The van der Waals surface area contributed by atoms with Crippen LogP contribution in [-0.4, -0.2) is 0 Å². The van der Waals surface area contributed by atoms with Gasteiger partial charge in [0.25, 0.3) is 0 Å². The average Bonchev–Trinajstić information content (AvgIpc) is 3.69. The smallest absolute Gasteiger partial charge is 0.0361 e. The monoisotopic (exact) mass is 678 g/mol. The lowest BCUT2D eigenvalue weighted by atomic mass is 9.79. The van der Waals surface area contributed by atoms with E-state index in [-0.39, 0.29) is 5.41 Å². The Hall–Kier alpha value is -6.02. The van der Waals surface area contributed by atoms with Gasteiger partial charge in [-0.3, -0.25) is 0 Å². The molecule has 0 saturated heterocycles. The van der Waals surface area contributed by atoms with Gasteiger partial charge in [-0.1, -0.05) is 166 Å². The molecule has 244 valence electrons. The Morgan fingerprint density at radius 3 is 1.60 bits per heavy atom. The molecule has 0 N–H and O–H groups in total. The lowest BCUT2D eigenvalue weighted by Crippen LogP contribution is -2.15. The van der Waals surface area contributed by atoms with Crippen LogP contribution < -0.4 is 0 Å². The maximum absolute atomic E-state index is 2.44. The zero-order valence-corrected chi connectivity index (χ0v) is 29.9. The lowest BCUT2D eigenvalue weighted by molar-refractivity contribution is 0.667. The fraction of sp³-hybridized carbons (Fsp3) is 0.0588. The molecule has 0 aliphatic heterocycles. The lowest BCUT2D eigenvalue weighted by Gasteiger charge is -2.24. The van der Waals surface area contributed by atoms with Crippen molar-refractivity contribution in [1.82, 2.24) is 0 Å². The first kappa shape index (κ1) is 29.7. The molecule has 1 heterocycles. The summed E-state index contributed by atoms with van der Waals surface area (Å²) in [6.45, 7) is 4.83. The first-order valence-electron chi connectivity index (χ1n) is 18.2. The van der Waals surface area contributed by atoms with Crippen LogP contribution in [-0.2, 0) is 5.41 Å². The van der Waals surface area contributed by atoms with Crippen LogP contribution in [0.15, 0.2) is 170 Å². The maximum atomic E-state index is 2.44. The molecule has 1 aliphatic rings. The zero-order valence-electron chi connectivity index (χ0n) is 29.1. The Morgan fingerprint density at radius 2 is 0.923 bits per heavy atom. The van der Waals surface area contributed by atoms with Crippen LogP contribution in [0.25, 0.3) is 97.0 Å². The van der Waals surface area contributed by atoms with Crippen LogP contribution in [0.2, 0.25) is 0 Å². The van der Waals surface area contributed by atoms with Gasteiger partial charge in [0, 0.05) is 25.6 Å². The Morgan fingerprint density at radius 1 is 0.385 bits per heavy atom. The molecule has 0 bridgehead atoms. The Kier molecular flexibility index (Phi) is 6.27. The molecule has 1 heteroatoms. The van der Waals surface area contributed by atoms with Crippen molar-refractivity contribution in [1.29, 1.82) is 0 Å². The highest BCUT2D eigenvalue weighted by Gasteiger charge is 2.37. The van der Waals surface area contributed by atoms with Crippen molar-refractivity contribution in [2.45, 2.75) is 19.3 Å². The molecule has 10 aromatic rings. The van der Waals surface area contributed by atoms with Gasteiger partial charge in [-0.2, -0.15) is 0 Å². The highest BCUT2D eigenvalue weighted by Crippen LogP contribution is 2.54. The van der Waals surface area contributed by atoms with Crippen molar-refractivity contribution >= 4 is 63.8 Å². The molecule has 52 heavy (non-hydrogen) atoms. The van der Waals surface area contributed by atoms with Gasteiger partial charge in [-0.05, 0) is 106 Å². The Balaban J connectivity index is 1.06. The summed E-state index contributed by atoms with van der Waals surface area (Å²) < 4.78 is 2.72. The molecule has 0 spiro atoms. The van der Waals surface area contributed by atoms with Gasteiger partial charge >= 0.3 is 0 Å². The molecule has 0 saturated carbocycles. The third-order valence-electron chi connectivity index (χ3n) is 11.6. The fourth-order valence-electron chi connectivity index (χ4n) is 9.32. The quantitative estimate of drug-likeness (QED) is 0.163. The molecule has 1 aliphatic carbocycles. The summed E-state index contributed by atoms with van der Waals surface area (Å²) in [6, 6.07) is 63.3. The van der Waals surface area contributed by atoms with Crippen molar-refractivity contribution < 1.29 is 0 Å². The van der Waals surface area contributed by atoms with Crippen molar-refractivity contribution in [2.75, 3.05) is 0 Å². The van der Waals surface area contributed by atoms with Crippen LogP contribution in [0.5, 0.6) is 0 Å². The highest BCUT2D eigenvalue weighted by atomic mass is 32.1. The van der Waals surface area contributed by atoms with Crippen LogP contribution in [0, 0.1) is 0 Å². The van der Waals surface area contributed by atoms with E-state index in [9.17, 15) is 0 Å². The summed E-state index contributed by atoms with van der Waals surface area (Å²) in [5.41, 5.74) is 13.0. The average molecular weight is 679 g/mol. The van der Waals surface area contributed by atoms with E-state index in [4.69, 9.17) is 0 Å². The third kappa shape index (κ3) is 4.15. The van der Waals surface area contributed by atoms with Crippen LogP contribution in [0.1, 0.15) is 25.0 Å². The predicted molar refractivity (Wildman–Crippen MR) is 226 cm³/mol. The topological polar surface area (TPSA) is 0 Å². The second-order valence-corrected chi connectivity index (χ2v) is 15.9. The molecule has 0 nitrogen and oxygen atoms in total. The normalized spacial score (nSPS) is 13.3. The van der Waals surface area contributed by atoms with Gasteiger partial charge in [0.1, 0.15) is 0 Å². The van der Waals surface area contributed by atoms with Crippen LogP contribution in [0.4, 0.5) is 0 Å². The fourth-order valence-corrected chi connectivity index (χ4v) is 10.4. The molecule has 0 fully saturated rings. The van der Waals surface area contributed by atoms with E-state index in [0.29, 0.717) is 0 Å². The Bertz CT molecular complexity index is 3010. The molecular weight excluding hydrogens is 645 g/mol. The van der Waals surface area contributed by atoms with Gasteiger partial charge < -0.3 is 0 Å². The summed E-state index contributed by atoms with van der Waals surface area (Å²) in [5.74, 6) is 0. The van der Waals surface area contributed by atoms with Gasteiger partial charge in [0.2, 0.25) is 0 Å². The molecule has 0 atom stereocenters. The second-order valence-electron chi connectivity index (χ2n) is 14.8. The minimum Gasteiger partial charge on any atom is -0.135 e. The number of fused-ring (bicyclic) bond motifs is 11. The highest BCUT2D eigenvalue weighted by molar-refractivity contribution is 7.26. The predicted octanol–water partition coefficient (Wildman–Crippen LogP) is 14.8. The summed E-state index contributed by atoms with van der Waals surface area (Å²) in [5, 5.41) is 10.6. The molecule has 11 rings (SSSR count). The standard InChI is InChI=1S/C51H34S/c1-51(2)43-28-25-35(30-42(43)40-27-24-34-26-29-45-49(48(34)50(40)51)41-18-10-11-19-44(41)52-45)31-20-22-33(23-21-31)47-38-16-8-6-14-36(38)46(32-12-4-3-5-13-32)37-15-7-9-17-39(37)47/h3-30H,1-2H3. The van der Waals surface area contributed by atoms with E-state index in [1.807, 2.05) is 11.3 Å². The number of benzene rings is 9. The van der Waals surface area contributed by atoms with E-state index in [1.165, 1.54) is 108 Å². The van der Waals surface area contributed by atoms with Gasteiger partial charge in [0.05, 0.1) is 0 Å². The largest absolute Gasteiger partial charge is 0.135 e. The first-order valence-corrected chi connectivity index (χ1v) is 19.0. The van der Waals surface area contributed by atoms with E-state index in [1.54, 1.807) is 0 Å². The van der Waals surface area contributed by atoms with Gasteiger partial charge in [0.15, 0.2) is 0 Å². The minimum absolute atomic E-state index is 0.113. The summed E-state index contributed by atoms with van der Waals surface area (Å²) >= 11 is 1.91. The van der Waals surface area contributed by atoms with Gasteiger partial charge in [-0.25, -0.2) is 0 Å². The van der Waals surface area contributed by atoms with Crippen molar-refractivity contribution in [3.63, 3.8) is 0 Å². The summed E-state index contributed by atoms with van der Waals surface area (Å²) in [7, 11) is 0. The van der Waals surface area contributed by atoms with E-state index < -0.39 is 0 Å². The first-order chi connectivity index (χ1) is 25.6.